The molecule has 0 aromatic heterocycles. The van der Waals surface area contributed by atoms with Crippen LogP contribution in [0.2, 0.25) is 0 Å². The van der Waals surface area contributed by atoms with Gasteiger partial charge in [0.2, 0.25) is 5.72 Å². The fraction of sp³-hybridized carbons (Fsp3) is 0.231. The molecule has 1 saturated heterocycles. The number of rotatable bonds is 5. The monoisotopic (exact) mass is 415 g/mol. The minimum Gasteiger partial charge on any atom is -0.465 e. The van der Waals surface area contributed by atoms with Gasteiger partial charge in [-0.15, -0.1) is 0 Å². The summed E-state index contributed by atoms with van der Waals surface area (Å²) in [5, 5.41) is 11.6. The Bertz CT molecular complexity index is 1080. The molecule has 1 fully saturated rings. The van der Waals surface area contributed by atoms with E-state index in [4.69, 9.17) is 4.74 Å². The van der Waals surface area contributed by atoms with Crippen LogP contribution in [-0.2, 0) is 9.53 Å². The topological polar surface area (TPSA) is 66.8 Å². The van der Waals surface area contributed by atoms with Crippen LogP contribution in [0.25, 0.3) is 0 Å². The Hall–Kier alpha value is -3.44. The summed E-state index contributed by atoms with van der Waals surface area (Å²) in [5.74, 6) is -1.34. The van der Waals surface area contributed by atoms with Crippen molar-refractivity contribution in [2.24, 2.45) is 0 Å². The molecule has 0 bridgehead atoms. The second-order valence-electron chi connectivity index (χ2n) is 7.91. The lowest BCUT2D eigenvalue weighted by molar-refractivity contribution is -0.161. The number of ether oxygens (including phenoxy) is 1. The number of esters is 1. The molecule has 3 aromatic rings. The van der Waals surface area contributed by atoms with Crippen molar-refractivity contribution in [1.29, 1.82) is 0 Å². The first-order valence-electron chi connectivity index (χ1n) is 10.3. The molecule has 5 heteroatoms. The van der Waals surface area contributed by atoms with Gasteiger partial charge in [-0.1, -0.05) is 78.4 Å². The number of ketones is 1. The molecule has 1 N–H and O–H groups in total. The Morgan fingerprint density at radius 3 is 2.23 bits per heavy atom. The lowest BCUT2D eigenvalue weighted by Gasteiger charge is -2.36. The Morgan fingerprint density at radius 1 is 0.968 bits per heavy atom. The highest BCUT2D eigenvalue weighted by atomic mass is 16.5. The van der Waals surface area contributed by atoms with E-state index < -0.39 is 23.7 Å². The average molecular weight is 415 g/mol. The summed E-state index contributed by atoms with van der Waals surface area (Å²) in [6.07, 6.45) is 0.0429. The van der Waals surface area contributed by atoms with E-state index in [1.54, 1.807) is 24.3 Å². The highest BCUT2D eigenvalue weighted by molar-refractivity contribution is 6.05. The summed E-state index contributed by atoms with van der Waals surface area (Å²) < 4.78 is 4.99. The molecular weight excluding hydrogens is 390 g/mol. The van der Waals surface area contributed by atoms with Crippen molar-refractivity contribution in [3.8, 4) is 0 Å². The second kappa shape index (κ2) is 8.36. The number of aliphatic hydroxyl groups is 1. The number of carbonyl (C=O) groups is 2. The van der Waals surface area contributed by atoms with Gasteiger partial charge >= 0.3 is 5.97 Å². The molecule has 1 aliphatic heterocycles. The van der Waals surface area contributed by atoms with Gasteiger partial charge in [-0.3, -0.25) is 4.79 Å². The van der Waals surface area contributed by atoms with Gasteiger partial charge in [-0.05, 0) is 24.6 Å². The van der Waals surface area contributed by atoms with Gasteiger partial charge < -0.3 is 14.7 Å². The van der Waals surface area contributed by atoms with Gasteiger partial charge in [0, 0.05) is 23.6 Å². The molecule has 4 rings (SSSR count). The highest BCUT2D eigenvalue weighted by Crippen LogP contribution is 2.47. The van der Waals surface area contributed by atoms with E-state index in [0.29, 0.717) is 11.3 Å². The molecular formula is C26H25NO4. The molecule has 0 unspecified atom stereocenters. The minimum atomic E-state index is -1.97. The maximum absolute atomic E-state index is 13.8. The third-order valence-electron chi connectivity index (χ3n) is 5.91. The molecule has 0 aliphatic carbocycles. The number of aryl methyl sites for hydroxylation is 1. The van der Waals surface area contributed by atoms with Crippen molar-refractivity contribution in [3.63, 3.8) is 0 Å². The summed E-state index contributed by atoms with van der Waals surface area (Å²) in [7, 11) is 1.25. The zero-order valence-corrected chi connectivity index (χ0v) is 17.6. The van der Waals surface area contributed by atoms with Gasteiger partial charge in [0.15, 0.2) is 5.78 Å². The summed E-state index contributed by atoms with van der Waals surface area (Å²) in [6, 6.07) is 25.1. The Labute approximate surface area is 181 Å². The first-order chi connectivity index (χ1) is 15.0. The fourth-order valence-electron chi connectivity index (χ4n) is 4.51. The molecule has 31 heavy (non-hydrogen) atoms. The van der Waals surface area contributed by atoms with Crippen LogP contribution >= 0.6 is 0 Å². The van der Waals surface area contributed by atoms with E-state index in [9.17, 15) is 14.7 Å². The first kappa shape index (κ1) is 20.8. The van der Waals surface area contributed by atoms with E-state index in [0.717, 1.165) is 11.1 Å². The van der Waals surface area contributed by atoms with Gasteiger partial charge in [-0.25, -0.2) is 4.79 Å². The third kappa shape index (κ3) is 3.73. The number of carbonyl (C=O) groups excluding carboxylic acids is 2. The molecule has 0 spiro atoms. The van der Waals surface area contributed by atoms with Crippen molar-refractivity contribution in [3.05, 3.63) is 102 Å². The Morgan fingerprint density at radius 2 is 1.61 bits per heavy atom. The van der Waals surface area contributed by atoms with Gasteiger partial charge in [0.25, 0.3) is 0 Å². The zero-order valence-electron chi connectivity index (χ0n) is 17.6. The van der Waals surface area contributed by atoms with Crippen LogP contribution in [0, 0.1) is 6.92 Å². The second-order valence-corrected chi connectivity index (χ2v) is 7.91. The molecule has 1 aliphatic rings. The number of para-hydroxylation sites is 1. The number of Topliss-reactive ketones (excluding diaryl/α,β-unsaturated/α-hetero) is 1. The van der Waals surface area contributed by atoms with Crippen LogP contribution in [0.1, 0.15) is 33.8 Å². The predicted octanol–water partition coefficient (Wildman–Crippen LogP) is 4.10. The van der Waals surface area contributed by atoms with Crippen LogP contribution in [0.15, 0.2) is 84.9 Å². The Kier molecular flexibility index (Phi) is 5.61. The van der Waals surface area contributed by atoms with E-state index >= 15 is 0 Å². The van der Waals surface area contributed by atoms with Crippen molar-refractivity contribution >= 4 is 17.4 Å². The third-order valence-corrected chi connectivity index (χ3v) is 5.91. The van der Waals surface area contributed by atoms with Crippen molar-refractivity contribution in [2.75, 3.05) is 12.0 Å². The Balaban J connectivity index is 1.92. The molecule has 1 heterocycles. The lowest BCUT2D eigenvalue weighted by Crippen LogP contribution is -2.55. The molecule has 0 amide bonds. The molecule has 0 radical (unpaired) electrons. The van der Waals surface area contributed by atoms with Crippen LogP contribution in [-0.4, -0.2) is 35.7 Å². The van der Waals surface area contributed by atoms with Crippen molar-refractivity contribution < 1.29 is 19.4 Å². The van der Waals surface area contributed by atoms with Crippen LogP contribution in [0.4, 0.5) is 5.69 Å². The average Bonchev–Trinajstić information content (AvgIpc) is 3.13. The standard InChI is InChI=1S/C26H25NO4/c1-18-10-9-13-20(16-18)22-17-26(30,25(29)31-2)27(21-14-7-4-8-15-21)23(22)24(28)19-11-5-3-6-12-19/h3-16,22-23,30H,17H2,1-2H3/t22-,23+,26-/m0/s1. The highest BCUT2D eigenvalue weighted by Gasteiger charge is 2.59. The summed E-state index contributed by atoms with van der Waals surface area (Å²) >= 11 is 0. The summed E-state index contributed by atoms with van der Waals surface area (Å²) in [6.45, 7) is 1.98. The number of benzene rings is 3. The quantitative estimate of drug-likeness (QED) is 0.502. The number of methoxy groups -OCH3 is 1. The van der Waals surface area contributed by atoms with Gasteiger partial charge in [0.05, 0.1) is 7.11 Å². The minimum absolute atomic E-state index is 0.0429. The number of nitrogens with zero attached hydrogens (tertiary/aromatic N) is 1. The normalized spacial score (nSPS) is 22.9. The first-order valence-corrected chi connectivity index (χ1v) is 10.3. The van der Waals surface area contributed by atoms with Gasteiger partial charge in [-0.2, -0.15) is 0 Å². The maximum atomic E-state index is 13.8. The summed E-state index contributed by atoms with van der Waals surface area (Å²) in [4.78, 5) is 28.2. The van der Waals surface area contributed by atoms with E-state index in [-0.39, 0.29) is 12.2 Å². The lowest BCUT2D eigenvalue weighted by atomic mass is 9.85. The molecule has 158 valence electrons. The molecule has 3 aromatic carbocycles. The zero-order chi connectivity index (χ0) is 22.0. The fourth-order valence-corrected chi connectivity index (χ4v) is 4.51. The maximum Gasteiger partial charge on any atom is 0.359 e. The van der Waals surface area contributed by atoms with Gasteiger partial charge in [0.1, 0.15) is 6.04 Å². The SMILES string of the molecule is COC(=O)[C@@]1(O)C[C@@H](c2cccc(C)c2)[C@H](C(=O)c2ccccc2)N1c1ccccc1. The van der Waals surface area contributed by atoms with E-state index in [1.807, 2.05) is 67.6 Å². The predicted molar refractivity (Wildman–Crippen MR) is 119 cm³/mol. The number of hydrogen-bond donors (Lipinski definition) is 1. The number of hydrogen-bond acceptors (Lipinski definition) is 5. The van der Waals surface area contributed by atoms with E-state index in [2.05, 4.69) is 0 Å². The smallest absolute Gasteiger partial charge is 0.359 e. The van der Waals surface area contributed by atoms with Crippen LogP contribution in [0.3, 0.4) is 0 Å². The van der Waals surface area contributed by atoms with Crippen molar-refractivity contribution in [2.45, 2.75) is 31.0 Å². The molecule has 3 atom stereocenters. The van der Waals surface area contributed by atoms with Crippen molar-refractivity contribution in [1.82, 2.24) is 0 Å². The van der Waals surface area contributed by atoms with Crippen LogP contribution in [0.5, 0.6) is 0 Å². The number of anilines is 1. The largest absolute Gasteiger partial charge is 0.465 e. The summed E-state index contributed by atoms with van der Waals surface area (Å²) in [5.41, 5.74) is 1.08. The molecule has 5 nitrogen and oxygen atoms in total. The van der Waals surface area contributed by atoms with Crippen LogP contribution < -0.4 is 4.90 Å². The molecule has 0 saturated carbocycles. The van der Waals surface area contributed by atoms with E-state index in [1.165, 1.54) is 12.0 Å².